The zero-order chi connectivity index (χ0) is 11.2. The van der Waals surface area contributed by atoms with Crippen molar-refractivity contribution < 1.29 is 0 Å². The SMILES string of the molecule is NCc1cccc(CSCC2CCCC2)c1. The fraction of sp³-hybridized carbons (Fsp3) is 0.571. The van der Waals surface area contributed by atoms with Gasteiger partial charge in [0.2, 0.25) is 0 Å². The average Bonchev–Trinajstić information content (AvgIpc) is 2.82. The molecule has 0 radical (unpaired) electrons. The van der Waals surface area contributed by atoms with Crippen LogP contribution in [0.4, 0.5) is 0 Å². The van der Waals surface area contributed by atoms with Crippen molar-refractivity contribution in [3.8, 4) is 0 Å². The first kappa shape index (κ1) is 12.0. The van der Waals surface area contributed by atoms with Crippen molar-refractivity contribution in [2.45, 2.75) is 38.0 Å². The molecule has 1 saturated carbocycles. The van der Waals surface area contributed by atoms with Gasteiger partial charge in [0.15, 0.2) is 0 Å². The van der Waals surface area contributed by atoms with Crippen LogP contribution in [0.3, 0.4) is 0 Å². The minimum Gasteiger partial charge on any atom is -0.326 e. The van der Waals surface area contributed by atoms with Gasteiger partial charge in [0.05, 0.1) is 0 Å². The molecule has 0 saturated heterocycles. The molecule has 0 heterocycles. The van der Waals surface area contributed by atoms with Gasteiger partial charge in [-0.2, -0.15) is 11.8 Å². The molecule has 0 spiro atoms. The molecule has 2 heteroatoms. The molecular formula is C14H21NS. The molecule has 0 atom stereocenters. The van der Waals surface area contributed by atoms with Gasteiger partial charge in [-0.25, -0.2) is 0 Å². The molecule has 2 rings (SSSR count). The quantitative estimate of drug-likeness (QED) is 0.844. The second-order valence-electron chi connectivity index (χ2n) is 4.69. The van der Waals surface area contributed by atoms with E-state index in [0.717, 1.165) is 11.7 Å². The topological polar surface area (TPSA) is 26.0 Å². The van der Waals surface area contributed by atoms with Crippen LogP contribution in [0, 0.1) is 5.92 Å². The van der Waals surface area contributed by atoms with Crippen molar-refractivity contribution in [1.29, 1.82) is 0 Å². The summed E-state index contributed by atoms with van der Waals surface area (Å²) in [6, 6.07) is 8.67. The van der Waals surface area contributed by atoms with E-state index >= 15 is 0 Å². The van der Waals surface area contributed by atoms with Crippen molar-refractivity contribution in [3.63, 3.8) is 0 Å². The Morgan fingerprint density at radius 1 is 1.19 bits per heavy atom. The highest BCUT2D eigenvalue weighted by atomic mass is 32.2. The first-order valence-corrected chi connectivity index (χ1v) is 7.39. The van der Waals surface area contributed by atoms with Crippen LogP contribution in [-0.4, -0.2) is 5.75 Å². The fourth-order valence-corrected chi connectivity index (χ4v) is 3.57. The highest BCUT2D eigenvalue weighted by Gasteiger charge is 2.14. The summed E-state index contributed by atoms with van der Waals surface area (Å²) in [6.07, 6.45) is 5.81. The first-order valence-electron chi connectivity index (χ1n) is 6.24. The lowest BCUT2D eigenvalue weighted by molar-refractivity contribution is 0.623. The third kappa shape index (κ3) is 3.53. The van der Waals surface area contributed by atoms with Crippen LogP contribution in [0.25, 0.3) is 0 Å². The number of rotatable bonds is 5. The molecule has 1 aromatic rings. The van der Waals surface area contributed by atoms with Crippen LogP contribution >= 0.6 is 11.8 Å². The summed E-state index contributed by atoms with van der Waals surface area (Å²) in [4.78, 5) is 0. The molecule has 1 nitrogen and oxygen atoms in total. The largest absolute Gasteiger partial charge is 0.326 e. The molecular weight excluding hydrogens is 214 g/mol. The van der Waals surface area contributed by atoms with Gasteiger partial charge in [0.1, 0.15) is 0 Å². The molecule has 16 heavy (non-hydrogen) atoms. The van der Waals surface area contributed by atoms with E-state index in [1.54, 1.807) is 0 Å². The second kappa shape index (κ2) is 6.31. The van der Waals surface area contributed by atoms with E-state index in [2.05, 4.69) is 36.0 Å². The molecule has 88 valence electrons. The van der Waals surface area contributed by atoms with Gasteiger partial charge >= 0.3 is 0 Å². The summed E-state index contributed by atoms with van der Waals surface area (Å²) < 4.78 is 0. The van der Waals surface area contributed by atoms with Gasteiger partial charge in [-0.3, -0.25) is 0 Å². The van der Waals surface area contributed by atoms with Crippen molar-refractivity contribution in [3.05, 3.63) is 35.4 Å². The van der Waals surface area contributed by atoms with Crippen molar-refractivity contribution in [2.75, 3.05) is 5.75 Å². The van der Waals surface area contributed by atoms with Crippen LogP contribution in [0.2, 0.25) is 0 Å². The Hall–Kier alpha value is -0.470. The van der Waals surface area contributed by atoms with Crippen molar-refractivity contribution in [2.24, 2.45) is 11.7 Å². The molecule has 1 fully saturated rings. The van der Waals surface area contributed by atoms with Gasteiger partial charge in [0.25, 0.3) is 0 Å². The van der Waals surface area contributed by atoms with Gasteiger partial charge in [-0.05, 0) is 35.6 Å². The van der Waals surface area contributed by atoms with E-state index in [1.165, 1.54) is 42.6 Å². The molecule has 0 unspecified atom stereocenters. The minimum absolute atomic E-state index is 0.654. The van der Waals surface area contributed by atoms with E-state index in [9.17, 15) is 0 Å². The second-order valence-corrected chi connectivity index (χ2v) is 5.72. The Labute approximate surface area is 103 Å². The maximum Gasteiger partial charge on any atom is 0.0184 e. The number of hydrogen-bond acceptors (Lipinski definition) is 2. The Morgan fingerprint density at radius 3 is 2.69 bits per heavy atom. The molecule has 1 aliphatic carbocycles. The van der Waals surface area contributed by atoms with E-state index in [4.69, 9.17) is 5.73 Å². The Balaban J connectivity index is 1.75. The lowest BCUT2D eigenvalue weighted by Gasteiger charge is -2.08. The van der Waals surface area contributed by atoms with E-state index in [0.29, 0.717) is 6.54 Å². The molecule has 0 aliphatic heterocycles. The highest BCUT2D eigenvalue weighted by Crippen LogP contribution is 2.29. The Bertz CT molecular complexity index is 318. The number of benzene rings is 1. The van der Waals surface area contributed by atoms with Crippen LogP contribution in [0.5, 0.6) is 0 Å². The van der Waals surface area contributed by atoms with Crippen LogP contribution in [0.15, 0.2) is 24.3 Å². The van der Waals surface area contributed by atoms with E-state index in [1.807, 2.05) is 0 Å². The monoisotopic (exact) mass is 235 g/mol. The smallest absolute Gasteiger partial charge is 0.0184 e. The maximum atomic E-state index is 5.64. The summed E-state index contributed by atoms with van der Waals surface area (Å²) in [5.74, 6) is 3.47. The Morgan fingerprint density at radius 2 is 1.94 bits per heavy atom. The number of nitrogens with two attached hydrogens (primary N) is 1. The summed E-state index contributed by atoms with van der Waals surface area (Å²) in [7, 11) is 0. The summed E-state index contributed by atoms with van der Waals surface area (Å²) in [5.41, 5.74) is 8.31. The average molecular weight is 235 g/mol. The lowest BCUT2D eigenvalue weighted by Crippen LogP contribution is -1.98. The molecule has 0 bridgehead atoms. The van der Waals surface area contributed by atoms with Crippen LogP contribution in [-0.2, 0) is 12.3 Å². The van der Waals surface area contributed by atoms with Crippen molar-refractivity contribution in [1.82, 2.24) is 0 Å². The Kier molecular flexibility index (Phi) is 4.73. The maximum absolute atomic E-state index is 5.64. The lowest BCUT2D eigenvalue weighted by atomic mass is 10.1. The summed E-state index contributed by atoms with van der Waals surface area (Å²) in [5, 5.41) is 0. The molecule has 1 aliphatic rings. The normalized spacial score (nSPS) is 16.8. The molecule has 0 amide bonds. The molecule has 0 aromatic heterocycles. The first-order chi connectivity index (χ1) is 7.88. The van der Waals surface area contributed by atoms with Gasteiger partial charge < -0.3 is 5.73 Å². The van der Waals surface area contributed by atoms with Crippen LogP contribution < -0.4 is 5.73 Å². The van der Waals surface area contributed by atoms with Gasteiger partial charge in [-0.15, -0.1) is 0 Å². The molecule has 1 aromatic carbocycles. The highest BCUT2D eigenvalue weighted by molar-refractivity contribution is 7.98. The number of thioether (sulfide) groups is 1. The standard InChI is InChI=1S/C14H21NS/c15-9-13-6-3-7-14(8-13)11-16-10-12-4-1-2-5-12/h3,6-8,12H,1-2,4-5,9-11,15H2. The zero-order valence-corrected chi connectivity index (χ0v) is 10.6. The third-order valence-electron chi connectivity index (χ3n) is 3.32. The minimum atomic E-state index is 0.654. The van der Waals surface area contributed by atoms with Crippen LogP contribution in [0.1, 0.15) is 36.8 Å². The van der Waals surface area contributed by atoms with E-state index < -0.39 is 0 Å². The zero-order valence-electron chi connectivity index (χ0n) is 9.82. The number of hydrogen-bond donors (Lipinski definition) is 1. The fourth-order valence-electron chi connectivity index (χ4n) is 2.37. The molecule has 2 N–H and O–H groups in total. The van der Waals surface area contributed by atoms with Crippen molar-refractivity contribution >= 4 is 11.8 Å². The van der Waals surface area contributed by atoms with E-state index in [-0.39, 0.29) is 0 Å². The predicted molar refractivity (Wildman–Crippen MR) is 72.5 cm³/mol. The summed E-state index contributed by atoms with van der Waals surface area (Å²) in [6.45, 7) is 0.654. The predicted octanol–water partition coefficient (Wildman–Crippen LogP) is 3.57. The third-order valence-corrected chi connectivity index (χ3v) is 4.57. The summed E-state index contributed by atoms with van der Waals surface area (Å²) >= 11 is 2.08. The van der Waals surface area contributed by atoms with Gasteiger partial charge in [-0.1, -0.05) is 37.1 Å². The van der Waals surface area contributed by atoms with Gasteiger partial charge in [0, 0.05) is 12.3 Å².